The topological polar surface area (TPSA) is 65.2 Å². The molecular formula is C20H26ClN3O2. The number of hydrogen-bond donors (Lipinski definition) is 2. The van der Waals surface area contributed by atoms with Gasteiger partial charge in [0.15, 0.2) is 0 Å². The molecule has 140 valence electrons. The summed E-state index contributed by atoms with van der Waals surface area (Å²) in [4.78, 5) is 30.4. The number of likely N-dealkylation sites (tertiary alicyclic amines) is 1. The van der Waals surface area contributed by atoms with E-state index in [-0.39, 0.29) is 23.8 Å². The Morgan fingerprint density at radius 3 is 2.81 bits per heavy atom. The van der Waals surface area contributed by atoms with Gasteiger partial charge >= 0.3 is 0 Å². The quantitative estimate of drug-likeness (QED) is 0.776. The number of benzene rings is 1. The molecule has 1 aromatic heterocycles. The average molecular weight is 376 g/mol. The monoisotopic (exact) mass is 375 g/mol. The number of halogens is 1. The van der Waals surface area contributed by atoms with Gasteiger partial charge in [-0.2, -0.15) is 0 Å². The van der Waals surface area contributed by atoms with Crippen molar-refractivity contribution in [2.24, 2.45) is 5.92 Å². The highest BCUT2D eigenvalue weighted by molar-refractivity contribution is 6.38. The number of aromatic nitrogens is 1. The van der Waals surface area contributed by atoms with Crippen molar-refractivity contribution in [1.82, 2.24) is 15.2 Å². The van der Waals surface area contributed by atoms with E-state index < -0.39 is 0 Å². The predicted octanol–water partition coefficient (Wildman–Crippen LogP) is 3.98. The van der Waals surface area contributed by atoms with Gasteiger partial charge in [0, 0.05) is 30.0 Å². The number of rotatable bonds is 5. The zero-order chi connectivity index (χ0) is 18.7. The average Bonchev–Trinajstić information content (AvgIpc) is 2.99. The van der Waals surface area contributed by atoms with Crippen molar-refractivity contribution in [2.75, 3.05) is 13.1 Å². The molecule has 1 aromatic carbocycles. The summed E-state index contributed by atoms with van der Waals surface area (Å²) in [6, 6.07) is 7.70. The molecule has 1 fully saturated rings. The largest absolute Gasteiger partial charge is 0.356 e. The van der Waals surface area contributed by atoms with Crippen LogP contribution in [0.4, 0.5) is 0 Å². The summed E-state index contributed by atoms with van der Waals surface area (Å²) in [5.41, 5.74) is 1.26. The molecule has 2 amide bonds. The van der Waals surface area contributed by atoms with Crippen LogP contribution in [-0.2, 0) is 4.79 Å². The van der Waals surface area contributed by atoms with Gasteiger partial charge in [0.25, 0.3) is 5.91 Å². The van der Waals surface area contributed by atoms with Gasteiger partial charge in [-0.25, -0.2) is 0 Å². The number of carbonyl (C=O) groups excluding carboxylic acids is 2. The Hall–Kier alpha value is -2.01. The lowest BCUT2D eigenvalue weighted by molar-refractivity contribution is -0.126. The maximum atomic E-state index is 13.1. The van der Waals surface area contributed by atoms with E-state index >= 15 is 0 Å². The zero-order valence-corrected chi connectivity index (χ0v) is 16.1. The molecule has 0 bridgehead atoms. The van der Waals surface area contributed by atoms with Crippen molar-refractivity contribution in [2.45, 2.75) is 45.6 Å². The summed E-state index contributed by atoms with van der Waals surface area (Å²) in [6.45, 7) is 5.26. The molecule has 3 rings (SSSR count). The standard InChI is InChI=1S/C20H26ClN3O2/c1-3-4-11-22-19(25)14-10-9-13(2)24(12-14)20(26)18-17(21)15-7-5-6-8-16(15)23-18/h5-8,13-14,23H,3-4,9-12H2,1-2H3,(H,22,25). The van der Waals surface area contributed by atoms with Crippen LogP contribution in [-0.4, -0.2) is 40.8 Å². The summed E-state index contributed by atoms with van der Waals surface area (Å²) >= 11 is 6.44. The van der Waals surface area contributed by atoms with Gasteiger partial charge in [-0.3, -0.25) is 9.59 Å². The third-order valence-corrected chi connectivity index (χ3v) is 5.59. The number of fused-ring (bicyclic) bond motifs is 1. The maximum Gasteiger partial charge on any atom is 0.272 e. The minimum atomic E-state index is -0.157. The second-order valence-corrected chi connectivity index (χ2v) is 7.46. The Kier molecular flexibility index (Phi) is 5.87. The number of carbonyl (C=O) groups is 2. The van der Waals surface area contributed by atoms with E-state index in [1.54, 1.807) is 4.90 Å². The molecule has 0 radical (unpaired) electrons. The second kappa shape index (κ2) is 8.12. The lowest BCUT2D eigenvalue weighted by atomic mass is 9.92. The Balaban J connectivity index is 1.76. The number of amides is 2. The third kappa shape index (κ3) is 3.73. The van der Waals surface area contributed by atoms with Gasteiger partial charge < -0.3 is 15.2 Å². The summed E-state index contributed by atoms with van der Waals surface area (Å²) < 4.78 is 0. The van der Waals surface area contributed by atoms with Crippen molar-refractivity contribution in [3.63, 3.8) is 0 Å². The predicted molar refractivity (Wildman–Crippen MR) is 104 cm³/mol. The molecule has 0 spiro atoms. The van der Waals surface area contributed by atoms with Gasteiger partial charge in [-0.05, 0) is 32.3 Å². The highest BCUT2D eigenvalue weighted by Gasteiger charge is 2.34. The highest BCUT2D eigenvalue weighted by Crippen LogP contribution is 2.30. The fourth-order valence-corrected chi connectivity index (χ4v) is 3.83. The normalized spacial score (nSPS) is 20.3. The molecule has 1 aliphatic heterocycles. The first-order chi connectivity index (χ1) is 12.5. The molecular weight excluding hydrogens is 350 g/mol. The van der Waals surface area contributed by atoms with Crippen LogP contribution in [0.2, 0.25) is 5.02 Å². The lowest BCUT2D eigenvalue weighted by Crippen LogP contribution is -2.49. The Bertz CT molecular complexity index is 801. The third-order valence-electron chi connectivity index (χ3n) is 5.20. The van der Waals surface area contributed by atoms with E-state index in [0.717, 1.165) is 36.6 Å². The summed E-state index contributed by atoms with van der Waals surface area (Å²) in [5, 5.41) is 4.28. The maximum absolute atomic E-state index is 13.1. The first-order valence-electron chi connectivity index (χ1n) is 9.37. The van der Waals surface area contributed by atoms with Gasteiger partial charge in [0.1, 0.15) is 5.69 Å². The van der Waals surface area contributed by atoms with Crippen LogP contribution >= 0.6 is 11.6 Å². The number of hydrogen-bond acceptors (Lipinski definition) is 2. The van der Waals surface area contributed by atoms with Crippen molar-refractivity contribution in [3.8, 4) is 0 Å². The number of H-pyrrole nitrogens is 1. The molecule has 0 aliphatic carbocycles. The van der Waals surface area contributed by atoms with Crippen molar-refractivity contribution < 1.29 is 9.59 Å². The lowest BCUT2D eigenvalue weighted by Gasteiger charge is -2.37. The zero-order valence-electron chi connectivity index (χ0n) is 15.3. The van der Waals surface area contributed by atoms with E-state index in [2.05, 4.69) is 17.2 Å². The van der Waals surface area contributed by atoms with E-state index in [4.69, 9.17) is 11.6 Å². The number of para-hydroxylation sites is 1. The summed E-state index contributed by atoms with van der Waals surface area (Å²) in [7, 11) is 0. The molecule has 1 aliphatic rings. The van der Waals surface area contributed by atoms with E-state index in [1.807, 2.05) is 31.2 Å². The van der Waals surface area contributed by atoms with Crippen LogP contribution in [0, 0.1) is 5.92 Å². The minimum absolute atomic E-state index is 0.0471. The highest BCUT2D eigenvalue weighted by atomic mass is 35.5. The van der Waals surface area contributed by atoms with E-state index in [0.29, 0.717) is 23.8 Å². The van der Waals surface area contributed by atoms with E-state index in [1.165, 1.54) is 0 Å². The molecule has 2 heterocycles. The van der Waals surface area contributed by atoms with Crippen LogP contribution in [0.3, 0.4) is 0 Å². The van der Waals surface area contributed by atoms with Crippen LogP contribution in [0.1, 0.15) is 50.0 Å². The number of unbranched alkanes of at least 4 members (excludes halogenated alkanes) is 1. The molecule has 2 aromatic rings. The van der Waals surface area contributed by atoms with Crippen LogP contribution in [0.5, 0.6) is 0 Å². The van der Waals surface area contributed by atoms with Crippen LogP contribution < -0.4 is 5.32 Å². The molecule has 6 heteroatoms. The number of aromatic amines is 1. The Morgan fingerprint density at radius 1 is 1.31 bits per heavy atom. The minimum Gasteiger partial charge on any atom is -0.356 e. The molecule has 2 atom stereocenters. The van der Waals surface area contributed by atoms with Crippen LogP contribution in [0.25, 0.3) is 10.9 Å². The number of piperidine rings is 1. The summed E-state index contributed by atoms with van der Waals surface area (Å²) in [6.07, 6.45) is 3.65. The Morgan fingerprint density at radius 2 is 2.08 bits per heavy atom. The fourth-order valence-electron chi connectivity index (χ4n) is 3.54. The first kappa shape index (κ1) is 18.8. The summed E-state index contributed by atoms with van der Waals surface area (Å²) in [5.74, 6) is -0.245. The molecule has 26 heavy (non-hydrogen) atoms. The molecule has 0 saturated carbocycles. The number of nitrogens with one attached hydrogen (secondary N) is 2. The molecule has 2 N–H and O–H groups in total. The van der Waals surface area contributed by atoms with Crippen molar-refractivity contribution in [3.05, 3.63) is 35.0 Å². The van der Waals surface area contributed by atoms with Gasteiger partial charge in [0.2, 0.25) is 5.91 Å². The van der Waals surface area contributed by atoms with Gasteiger partial charge in [-0.1, -0.05) is 43.1 Å². The van der Waals surface area contributed by atoms with Crippen molar-refractivity contribution >= 4 is 34.3 Å². The molecule has 5 nitrogen and oxygen atoms in total. The second-order valence-electron chi connectivity index (χ2n) is 7.08. The fraction of sp³-hybridized carbons (Fsp3) is 0.500. The SMILES string of the molecule is CCCCNC(=O)C1CCC(C)N(C(=O)c2[nH]c3ccccc3c2Cl)C1. The van der Waals surface area contributed by atoms with Gasteiger partial charge in [-0.15, -0.1) is 0 Å². The first-order valence-corrected chi connectivity index (χ1v) is 9.75. The Labute approximate surface area is 159 Å². The molecule has 2 unspecified atom stereocenters. The van der Waals surface area contributed by atoms with Gasteiger partial charge in [0.05, 0.1) is 10.9 Å². The number of nitrogens with zero attached hydrogens (tertiary/aromatic N) is 1. The molecule has 1 saturated heterocycles. The van der Waals surface area contributed by atoms with Crippen molar-refractivity contribution in [1.29, 1.82) is 0 Å². The smallest absolute Gasteiger partial charge is 0.272 e. The van der Waals surface area contributed by atoms with Crippen LogP contribution in [0.15, 0.2) is 24.3 Å². The van der Waals surface area contributed by atoms with E-state index in [9.17, 15) is 9.59 Å².